The van der Waals surface area contributed by atoms with Crippen LogP contribution in [-0.4, -0.2) is 15.8 Å². The number of hydrogen-bond donors (Lipinski definition) is 1. The molecule has 20 heavy (non-hydrogen) atoms. The van der Waals surface area contributed by atoms with E-state index in [2.05, 4.69) is 10.3 Å². The Morgan fingerprint density at radius 1 is 1.35 bits per heavy atom. The highest BCUT2D eigenvalue weighted by atomic mass is 35.5. The van der Waals surface area contributed by atoms with Crippen LogP contribution >= 0.6 is 11.6 Å². The Kier molecular flexibility index (Phi) is 3.95. The van der Waals surface area contributed by atoms with Gasteiger partial charge in [-0.3, -0.25) is 19.9 Å². The van der Waals surface area contributed by atoms with E-state index in [0.717, 1.165) is 5.69 Å². The molecule has 0 aliphatic heterocycles. The molecule has 2 rings (SSSR count). The number of pyridine rings is 1. The van der Waals surface area contributed by atoms with Crippen molar-refractivity contribution >= 4 is 28.9 Å². The SMILES string of the molecule is Cc1ccc(C(=O)Nc2ccc(Cl)c([N+](=O)[O-])c2)cn1. The van der Waals surface area contributed by atoms with Gasteiger partial charge in [-0.05, 0) is 31.2 Å². The van der Waals surface area contributed by atoms with Crippen LogP contribution in [-0.2, 0) is 0 Å². The summed E-state index contributed by atoms with van der Waals surface area (Å²) >= 11 is 5.70. The summed E-state index contributed by atoms with van der Waals surface area (Å²) in [7, 11) is 0. The summed E-state index contributed by atoms with van der Waals surface area (Å²) in [6.07, 6.45) is 1.44. The summed E-state index contributed by atoms with van der Waals surface area (Å²) in [6, 6.07) is 7.40. The second kappa shape index (κ2) is 5.66. The topological polar surface area (TPSA) is 85.1 Å². The number of nitrogens with one attached hydrogen (secondary N) is 1. The molecule has 1 heterocycles. The maximum atomic E-state index is 11.9. The molecule has 0 spiro atoms. The zero-order chi connectivity index (χ0) is 14.7. The minimum Gasteiger partial charge on any atom is -0.322 e. The van der Waals surface area contributed by atoms with E-state index < -0.39 is 10.8 Å². The molecule has 1 aromatic heterocycles. The fraction of sp³-hybridized carbons (Fsp3) is 0.0769. The number of carbonyl (C=O) groups is 1. The van der Waals surface area contributed by atoms with E-state index in [0.29, 0.717) is 11.3 Å². The first-order chi connectivity index (χ1) is 9.47. The van der Waals surface area contributed by atoms with Crippen molar-refractivity contribution in [2.24, 2.45) is 0 Å². The molecular formula is C13H10ClN3O3. The summed E-state index contributed by atoms with van der Waals surface area (Å²) in [5.74, 6) is -0.394. The lowest BCUT2D eigenvalue weighted by atomic mass is 10.2. The Bertz CT molecular complexity index is 671. The summed E-state index contributed by atoms with van der Waals surface area (Å²) < 4.78 is 0. The highest BCUT2D eigenvalue weighted by molar-refractivity contribution is 6.32. The normalized spacial score (nSPS) is 10.1. The quantitative estimate of drug-likeness (QED) is 0.695. The van der Waals surface area contributed by atoms with Gasteiger partial charge in [-0.1, -0.05) is 11.6 Å². The Labute approximate surface area is 119 Å². The van der Waals surface area contributed by atoms with Gasteiger partial charge in [0, 0.05) is 23.6 Å². The smallest absolute Gasteiger partial charge is 0.289 e. The monoisotopic (exact) mass is 291 g/mol. The van der Waals surface area contributed by atoms with Gasteiger partial charge in [-0.15, -0.1) is 0 Å². The van der Waals surface area contributed by atoms with Crippen LogP contribution in [0.4, 0.5) is 11.4 Å². The number of anilines is 1. The van der Waals surface area contributed by atoms with Gasteiger partial charge in [0.1, 0.15) is 5.02 Å². The van der Waals surface area contributed by atoms with Gasteiger partial charge >= 0.3 is 0 Å². The van der Waals surface area contributed by atoms with Crippen molar-refractivity contribution in [3.8, 4) is 0 Å². The van der Waals surface area contributed by atoms with E-state index in [4.69, 9.17) is 11.6 Å². The van der Waals surface area contributed by atoms with Crippen LogP contribution in [0.25, 0.3) is 0 Å². The highest BCUT2D eigenvalue weighted by Gasteiger charge is 2.14. The van der Waals surface area contributed by atoms with Crippen molar-refractivity contribution in [1.82, 2.24) is 4.98 Å². The van der Waals surface area contributed by atoms with Gasteiger partial charge in [-0.2, -0.15) is 0 Å². The van der Waals surface area contributed by atoms with Gasteiger partial charge in [0.25, 0.3) is 11.6 Å². The molecule has 1 aromatic carbocycles. The number of nitro groups is 1. The van der Waals surface area contributed by atoms with Crippen LogP contribution < -0.4 is 5.32 Å². The van der Waals surface area contributed by atoms with E-state index in [1.807, 2.05) is 6.92 Å². The molecule has 2 aromatic rings. The molecule has 0 saturated heterocycles. The van der Waals surface area contributed by atoms with Gasteiger partial charge in [0.15, 0.2) is 0 Å². The number of aromatic nitrogens is 1. The van der Waals surface area contributed by atoms with Crippen molar-refractivity contribution in [1.29, 1.82) is 0 Å². The summed E-state index contributed by atoms with van der Waals surface area (Å²) in [6.45, 7) is 1.81. The lowest BCUT2D eigenvalue weighted by Crippen LogP contribution is -2.12. The van der Waals surface area contributed by atoms with E-state index in [-0.39, 0.29) is 10.7 Å². The first-order valence-corrected chi connectivity index (χ1v) is 6.03. The second-order valence-electron chi connectivity index (χ2n) is 4.07. The Morgan fingerprint density at radius 3 is 2.70 bits per heavy atom. The van der Waals surface area contributed by atoms with Gasteiger partial charge in [-0.25, -0.2) is 0 Å². The number of rotatable bonds is 3. The molecule has 0 aliphatic rings. The molecule has 6 nitrogen and oxygen atoms in total. The van der Waals surface area contributed by atoms with E-state index in [1.54, 1.807) is 12.1 Å². The average Bonchev–Trinajstić information content (AvgIpc) is 2.41. The Balaban J connectivity index is 2.21. The molecule has 0 aliphatic carbocycles. The summed E-state index contributed by atoms with van der Waals surface area (Å²) in [5, 5.41) is 13.3. The van der Waals surface area contributed by atoms with Crippen molar-refractivity contribution < 1.29 is 9.72 Å². The molecular weight excluding hydrogens is 282 g/mol. The highest BCUT2D eigenvalue weighted by Crippen LogP contribution is 2.27. The Hall–Kier alpha value is -2.47. The summed E-state index contributed by atoms with van der Waals surface area (Å²) in [4.78, 5) is 26.1. The number of nitrogens with zero attached hydrogens (tertiary/aromatic N) is 2. The zero-order valence-electron chi connectivity index (χ0n) is 10.5. The van der Waals surface area contributed by atoms with Gasteiger partial charge in [0.05, 0.1) is 10.5 Å². The number of amides is 1. The van der Waals surface area contributed by atoms with Crippen LogP contribution in [0.3, 0.4) is 0 Å². The third-order valence-electron chi connectivity index (χ3n) is 2.57. The molecule has 0 bridgehead atoms. The average molecular weight is 292 g/mol. The molecule has 1 amide bonds. The minimum absolute atomic E-state index is 0.0185. The standard InChI is InChI=1S/C13H10ClN3O3/c1-8-2-3-9(7-15-8)13(18)16-10-4-5-11(14)12(6-10)17(19)20/h2-7H,1H3,(H,16,18). The first-order valence-electron chi connectivity index (χ1n) is 5.65. The predicted octanol–water partition coefficient (Wildman–Crippen LogP) is 3.20. The molecule has 102 valence electrons. The number of aryl methyl sites for hydroxylation is 1. The molecule has 1 N–H and O–H groups in total. The van der Waals surface area contributed by atoms with Crippen LogP contribution in [0.5, 0.6) is 0 Å². The number of carbonyl (C=O) groups excluding carboxylic acids is 1. The third-order valence-corrected chi connectivity index (χ3v) is 2.89. The molecule has 0 atom stereocenters. The summed E-state index contributed by atoms with van der Waals surface area (Å²) in [5.41, 5.74) is 1.20. The minimum atomic E-state index is -0.606. The number of hydrogen-bond acceptors (Lipinski definition) is 4. The largest absolute Gasteiger partial charge is 0.322 e. The van der Waals surface area contributed by atoms with E-state index in [9.17, 15) is 14.9 Å². The predicted molar refractivity (Wildman–Crippen MR) is 75.0 cm³/mol. The molecule has 0 saturated carbocycles. The van der Waals surface area contributed by atoms with Crippen molar-refractivity contribution in [2.45, 2.75) is 6.92 Å². The Morgan fingerprint density at radius 2 is 2.10 bits per heavy atom. The number of benzene rings is 1. The van der Waals surface area contributed by atoms with Gasteiger partial charge < -0.3 is 5.32 Å². The van der Waals surface area contributed by atoms with E-state index >= 15 is 0 Å². The first kappa shape index (κ1) is 14.0. The molecule has 7 heteroatoms. The maximum absolute atomic E-state index is 11.9. The second-order valence-corrected chi connectivity index (χ2v) is 4.47. The number of halogens is 1. The fourth-order valence-electron chi connectivity index (χ4n) is 1.54. The van der Waals surface area contributed by atoms with Crippen LogP contribution in [0.15, 0.2) is 36.5 Å². The van der Waals surface area contributed by atoms with Crippen LogP contribution in [0, 0.1) is 17.0 Å². The van der Waals surface area contributed by atoms with Crippen LogP contribution in [0.1, 0.15) is 16.1 Å². The van der Waals surface area contributed by atoms with Crippen molar-refractivity contribution in [3.63, 3.8) is 0 Å². The lowest BCUT2D eigenvalue weighted by Gasteiger charge is -2.05. The molecule has 0 unspecified atom stereocenters. The maximum Gasteiger partial charge on any atom is 0.289 e. The van der Waals surface area contributed by atoms with Crippen LogP contribution in [0.2, 0.25) is 5.02 Å². The van der Waals surface area contributed by atoms with Gasteiger partial charge in [0.2, 0.25) is 0 Å². The molecule has 0 fully saturated rings. The zero-order valence-corrected chi connectivity index (χ0v) is 11.2. The fourth-order valence-corrected chi connectivity index (χ4v) is 1.72. The lowest BCUT2D eigenvalue weighted by molar-refractivity contribution is -0.384. The van der Waals surface area contributed by atoms with Crippen molar-refractivity contribution in [2.75, 3.05) is 5.32 Å². The van der Waals surface area contributed by atoms with Crippen molar-refractivity contribution in [3.05, 3.63) is 62.9 Å². The number of nitro benzene ring substituents is 1. The third kappa shape index (κ3) is 3.10. The molecule has 0 radical (unpaired) electrons. The van der Waals surface area contributed by atoms with E-state index in [1.165, 1.54) is 24.4 Å².